The lowest BCUT2D eigenvalue weighted by Gasteiger charge is -2.17. The number of methoxy groups -OCH3 is 1. The number of hydrogen-bond acceptors (Lipinski definition) is 5. The quantitative estimate of drug-likeness (QED) is 0.717. The van der Waals surface area contributed by atoms with Crippen LogP contribution < -0.4 is 10.1 Å². The van der Waals surface area contributed by atoms with Crippen LogP contribution in [0.15, 0.2) is 48.5 Å². The van der Waals surface area contributed by atoms with Gasteiger partial charge in [0.15, 0.2) is 0 Å². The van der Waals surface area contributed by atoms with Gasteiger partial charge in [0.05, 0.1) is 19.2 Å². The van der Waals surface area contributed by atoms with E-state index in [1.54, 1.807) is 48.5 Å². The van der Waals surface area contributed by atoms with Crippen molar-refractivity contribution in [3.63, 3.8) is 0 Å². The van der Waals surface area contributed by atoms with Crippen LogP contribution in [0.1, 0.15) is 10.4 Å². The lowest BCUT2D eigenvalue weighted by Crippen LogP contribution is -2.33. The van der Waals surface area contributed by atoms with Crippen molar-refractivity contribution < 1.29 is 19.1 Å². The van der Waals surface area contributed by atoms with Crippen LogP contribution in [0.4, 0.5) is 5.69 Å². The van der Waals surface area contributed by atoms with E-state index in [-0.39, 0.29) is 12.5 Å². The number of anilines is 1. The molecule has 1 amide bonds. The molecule has 2 aromatic carbocycles. The second-order valence-corrected chi connectivity index (χ2v) is 6.10. The average Bonchev–Trinajstić information content (AvgIpc) is 2.62. The molecule has 0 aliphatic carbocycles. The molecule has 0 aliphatic heterocycles. The highest BCUT2D eigenvalue weighted by Crippen LogP contribution is 2.15. The SMILES string of the molecule is COC(=O)c1cccc(NC(=O)CN(C)CCOc2ccc(Cl)cc2)c1. The van der Waals surface area contributed by atoms with Crippen LogP contribution in [0.2, 0.25) is 5.02 Å². The molecule has 0 heterocycles. The van der Waals surface area contributed by atoms with Gasteiger partial charge in [0.1, 0.15) is 12.4 Å². The third kappa shape index (κ3) is 6.38. The molecule has 0 atom stereocenters. The van der Waals surface area contributed by atoms with Crippen LogP contribution in [-0.2, 0) is 9.53 Å². The summed E-state index contributed by atoms with van der Waals surface area (Å²) >= 11 is 5.82. The van der Waals surface area contributed by atoms with Gasteiger partial charge < -0.3 is 14.8 Å². The molecule has 0 aliphatic rings. The van der Waals surface area contributed by atoms with Gasteiger partial charge in [-0.1, -0.05) is 17.7 Å². The molecule has 0 saturated heterocycles. The Kier molecular flexibility index (Phi) is 7.44. The van der Waals surface area contributed by atoms with E-state index in [2.05, 4.69) is 10.1 Å². The zero-order chi connectivity index (χ0) is 18.9. The predicted molar refractivity (Wildman–Crippen MR) is 101 cm³/mol. The Morgan fingerprint density at radius 2 is 1.88 bits per heavy atom. The van der Waals surface area contributed by atoms with E-state index >= 15 is 0 Å². The standard InChI is InChI=1S/C19H21ClN2O4/c1-22(10-11-26-17-8-6-15(20)7-9-17)13-18(23)21-16-5-3-4-14(12-16)19(24)25-2/h3-9,12H,10-11,13H2,1-2H3,(H,21,23). The summed E-state index contributed by atoms with van der Waals surface area (Å²) < 4.78 is 10.3. The van der Waals surface area contributed by atoms with Crippen molar-refractivity contribution in [1.82, 2.24) is 4.90 Å². The number of hydrogen-bond donors (Lipinski definition) is 1. The van der Waals surface area contributed by atoms with E-state index < -0.39 is 5.97 Å². The molecule has 1 N–H and O–H groups in total. The molecule has 2 aromatic rings. The number of ether oxygens (including phenoxy) is 2. The third-order valence-corrected chi connectivity index (χ3v) is 3.79. The van der Waals surface area contributed by atoms with Crippen molar-refractivity contribution >= 4 is 29.2 Å². The summed E-state index contributed by atoms with van der Waals surface area (Å²) in [5.41, 5.74) is 0.929. The normalized spacial score (nSPS) is 10.5. The maximum Gasteiger partial charge on any atom is 0.337 e. The van der Waals surface area contributed by atoms with Crippen LogP contribution in [0.25, 0.3) is 0 Å². The van der Waals surface area contributed by atoms with Gasteiger partial charge in [0, 0.05) is 17.3 Å². The number of nitrogens with zero attached hydrogens (tertiary/aromatic N) is 1. The third-order valence-electron chi connectivity index (χ3n) is 3.54. The summed E-state index contributed by atoms with van der Waals surface area (Å²) in [6.07, 6.45) is 0. The van der Waals surface area contributed by atoms with Crippen LogP contribution in [0.3, 0.4) is 0 Å². The first-order valence-electron chi connectivity index (χ1n) is 8.03. The Bertz CT molecular complexity index is 749. The van der Waals surface area contributed by atoms with Gasteiger partial charge in [-0.05, 0) is 49.5 Å². The fourth-order valence-electron chi connectivity index (χ4n) is 2.22. The van der Waals surface area contributed by atoms with Gasteiger partial charge in [-0.3, -0.25) is 9.69 Å². The molecule has 6 nitrogen and oxygen atoms in total. The maximum absolute atomic E-state index is 12.1. The van der Waals surface area contributed by atoms with E-state index in [0.29, 0.717) is 29.4 Å². The molecule has 2 rings (SSSR count). The second kappa shape index (κ2) is 9.79. The first-order valence-corrected chi connectivity index (χ1v) is 8.41. The summed E-state index contributed by atoms with van der Waals surface area (Å²) in [5.74, 6) is 0.102. The van der Waals surface area contributed by atoms with Gasteiger partial charge in [-0.2, -0.15) is 0 Å². The predicted octanol–water partition coefficient (Wildman–Crippen LogP) is 3.08. The lowest BCUT2D eigenvalue weighted by atomic mass is 10.2. The van der Waals surface area contributed by atoms with E-state index in [4.69, 9.17) is 16.3 Å². The van der Waals surface area contributed by atoms with E-state index in [0.717, 1.165) is 5.75 Å². The lowest BCUT2D eigenvalue weighted by molar-refractivity contribution is -0.117. The van der Waals surface area contributed by atoms with Crippen molar-refractivity contribution in [3.05, 3.63) is 59.1 Å². The first-order chi connectivity index (χ1) is 12.5. The molecule has 26 heavy (non-hydrogen) atoms. The average molecular weight is 377 g/mol. The number of nitrogens with one attached hydrogen (secondary N) is 1. The van der Waals surface area contributed by atoms with E-state index in [9.17, 15) is 9.59 Å². The van der Waals surface area contributed by atoms with Crippen molar-refractivity contribution in [3.8, 4) is 5.75 Å². The summed E-state index contributed by atoms with van der Waals surface area (Å²) in [6, 6.07) is 13.7. The highest BCUT2D eigenvalue weighted by molar-refractivity contribution is 6.30. The Balaban J connectivity index is 1.76. The number of rotatable bonds is 8. The maximum atomic E-state index is 12.1. The summed E-state index contributed by atoms with van der Waals surface area (Å²) in [6.45, 7) is 1.23. The number of carbonyl (C=O) groups is 2. The molecule has 0 fully saturated rings. The topological polar surface area (TPSA) is 67.9 Å². The minimum Gasteiger partial charge on any atom is -0.492 e. The minimum atomic E-state index is -0.447. The summed E-state index contributed by atoms with van der Waals surface area (Å²) in [5, 5.41) is 3.42. The van der Waals surface area contributed by atoms with Gasteiger partial charge in [-0.25, -0.2) is 4.79 Å². The van der Waals surface area contributed by atoms with Crippen molar-refractivity contribution in [2.24, 2.45) is 0 Å². The zero-order valence-electron chi connectivity index (χ0n) is 14.7. The number of carbonyl (C=O) groups excluding carboxylic acids is 2. The van der Waals surface area contributed by atoms with Gasteiger partial charge >= 0.3 is 5.97 Å². The molecular formula is C19H21ClN2O4. The highest BCUT2D eigenvalue weighted by atomic mass is 35.5. The monoisotopic (exact) mass is 376 g/mol. The fourth-order valence-corrected chi connectivity index (χ4v) is 2.34. The molecule has 7 heteroatoms. The zero-order valence-corrected chi connectivity index (χ0v) is 15.5. The second-order valence-electron chi connectivity index (χ2n) is 5.66. The Morgan fingerprint density at radius 1 is 1.15 bits per heavy atom. The number of esters is 1. The number of halogens is 1. The number of benzene rings is 2. The molecule has 138 valence electrons. The van der Waals surface area contributed by atoms with E-state index in [1.807, 2.05) is 11.9 Å². The molecule has 0 saturated carbocycles. The van der Waals surface area contributed by atoms with Crippen molar-refractivity contribution in [1.29, 1.82) is 0 Å². The van der Waals surface area contributed by atoms with Gasteiger partial charge in [0.25, 0.3) is 0 Å². The minimum absolute atomic E-state index is 0.180. The smallest absolute Gasteiger partial charge is 0.337 e. The Labute approximate surface area is 157 Å². The van der Waals surface area contributed by atoms with Crippen LogP contribution >= 0.6 is 11.6 Å². The van der Waals surface area contributed by atoms with Gasteiger partial charge in [-0.15, -0.1) is 0 Å². The highest BCUT2D eigenvalue weighted by Gasteiger charge is 2.10. The molecule has 0 unspecified atom stereocenters. The fraction of sp³-hybridized carbons (Fsp3) is 0.263. The molecule has 0 bridgehead atoms. The molecule has 0 aromatic heterocycles. The molecule has 0 radical (unpaired) electrons. The number of likely N-dealkylation sites (N-methyl/N-ethyl adjacent to an activating group) is 1. The molecular weight excluding hydrogens is 356 g/mol. The summed E-state index contributed by atoms with van der Waals surface area (Å²) in [7, 11) is 3.14. The van der Waals surface area contributed by atoms with Crippen molar-refractivity contribution in [2.45, 2.75) is 0 Å². The van der Waals surface area contributed by atoms with Crippen LogP contribution in [0, 0.1) is 0 Å². The van der Waals surface area contributed by atoms with Crippen LogP contribution in [0.5, 0.6) is 5.75 Å². The molecule has 0 spiro atoms. The largest absolute Gasteiger partial charge is 0.492 e. The van der Waals surface area contributed by atoms with E-state index in [1.165, 1.54) is 7.11 Å². The summed E-state index contributed by atoms with van der Waals surface area (Å²) in [4.78, 5) is 25.5. The Hall–Kier alpha value is -2.57. The van der Waals surface area contributed by atoms with Crippen molar-refractivity contribution in [2.75, 3.05) is 39.2 Å². The first kappa shape index (κ1) is 19.8. The number of amides is 1. The van der Waals surface area contributed by atoms with Crippen LogP contribution in [-0.4, -0.2) is 50.6 Å². The van der Waals surface area contributed by atoms with Gasteiger partial charge in [0.2, 0.25) is 5.91 Å². The Morgan fingerprint density at radius 3 is 2.58 bits per heavy atom.